The van der Waals surface area contributed by atoms with Crippen LogP contribution in [0.4, 0.5) is 10.5 Å². The van der Waals surface area contributed by atoms with Crippen molar-refractivity contribution in [2.45, 2.75) is 45.3 Å². The van der Waals surface area contributed by atoms with Gasteiger partial charge >= 0.3 is 6.09 Å². The van der Waals surface area contributed by atoms with Crippen LogP contribution in [0.3, 0.4) is 0 Å². The molecule has 0 spiro atoms. The van der Waals surface area contributed by atoms with Gasteiger partial charge in [-0.3, -0.25) is 14.5 Å². The number of anilines is 1. The number of para-hydroxylation sites is 1. The topological polar surface area (TPSA) is 79.4 Å². The van der Waals surface area contributed by atoms with E-state index in [1.54, 1.807) is 34.9 Å². The molecule has 0 saturated carbocycles. The number of hydrogen-bond donors (Lipinski definition) is 0. The van der Waals surface area contributed by atoms with Gasteiger partial charge in [0.1, 0.15) is 18.1 Å². The maximum Gasteiger partial charge on any atom is 0.414 e. The fourth-order valence-electron chi connectivity index (χ4n) is 5.25. The average molecular weight is 512 g/mol. The molecule has 190 valence electrons. The highest BCUT2D eigenvalue weighted by Crippen LogP contribution is 2.33. The van der Waals surface area contributed by atoms with E-state index < -0.39 is 0 Å². The predicted molar refractivity (Wildman–Crippen MR) is 135 cm³/mol. The lowest BCUT2D eigenvalue weighted by Gasteiger charge is -2.40. The number of ether oxygens (including phenoxy) is 1. The summed E-state index contributed by atoms with van der Waals surface area (Å²) in [7, 11) is 0. The van der Waals surface area contributed by atoms with Crippen LogP contribution in [0.2, 0.25) is 5.02 Å². The molecule has 3 aliphatic heterocycles. The molecule has 2 aromatic carbocycles. The third-order valence-electron chi connectivity index (χ3n) is 7.35. The van der Waals surface area contributed by atoms with Gasteiger partial charge in [0.15, 0.2) is 0 Å². The standard InChI is InChI=1S/C27H30ClN3O5/c1-18(32)19-8-14-30(15-9-19)36-22-6-7-23(24(28)16-22)26(33)29-12-10-21(11-13-29)31-25-5-3-2-4-20(25)17-35-27(31)34/h2-7,16,19,21H,8-15,17H2,1H3. The molecule has 0 unspecified atom stereocenters. The van der Waals surface area contributed by atoms with E-state index in [4.69, 9.17) is 21.2 Å². The van der Waals surface area contributed by atoms with Gasteiger partial charge in [0, 0.05) is 49.8 Å². The third-order valence-corrected chi connectivity index (χ3v) is 7.66. The molecule has 9 heteroatoms. The Morgan fingerprint density at radius 2 is 1.72 bits per heavy atom. The SMILES string of the molecule is CC(=O)C1CCN(Oc2ccc(C(=O)N3CCC(N4C(=O)OCc5ccccc54)CC3)c(Cl)c2)CC1. The number of cyclic esters (lactones) is 1. The van der Waals surface area contributed by atoms with Crippen molar-refractivity contribution in [3.05, 3.63) is 58.6 Å². The van der Waals surface area contributed by atoms with E-state index in [2.05, 4.69) is 0 Å². The molecule has 36 heavy (non-hydrogen) atoms. The lowest BCUT2D eigenvalue weighted by Crippen LogP contribution is -2.50. The first-order chi connectivity index (χ1) is 17.4. The van der Waals surface area contributed by atoms with Crippen molar-refractivity contribution in [3.8, 4) is 5.75 Å². The van der Waals surface area contributed by atoms with Crippen molar-refractivity contribution in [2.24, 2.45) is 5.92 Å². The van der Waals surface area contributed by atoms with Crippen molar-refractivity contribution in [1.29, 1.82) is 0 Å². The predicted octanol–water partition coefficient (Wildman–Crippen LogP) is 4.70. The number of likely N-dealkylation sites (tertiary alicyclic amines) is 1. The number of piperidine rings is 2. The van der Waals surface area contributed by atoms with Gasteiger partial charge in [-0.25, -0.2) is 4.79 Å². The lowest BCUT2D eigenvalue weighted by molar-refractivity contribution is -0.127. The minimum Gasteiger partial charge on any atom is -0.444 e. The first-order valence-corrected chi connectivity index (χ1v) is 12.8. The highest BCUT2D eigenvalue weighted by molar-refractivity contribution is 6.34. The van der Waals surface area contributed by atoms with Gasteiger partial charge in [0.25, 0.3) is 5.91 Å². The molecule has 0 bridgehead atoms. The zero-order valence-electron chi connectivity index (χ0n) is 20.3. The number of ketones is 1. The largest absolute Gasteiger partial charge is 0.444 e. The molecule has 0 aliphatic carbocycles. The highest BCUT2D eigenvalue weighted by Gasteiger charge is 2.35. The molecule has 3 aliphatic rings. The summed E-state index contributed by atoms with van der Waals surface area (Å²) in [6.07, 6.45) is 2.53. The maximum absolute atomic E-state index is 13.2. The number of hydroxylamine groups is 2. The smallest absolute Gasteiger partial charge is 0.414 e. The van der Waals surface area contributed by atoms with Crippen LogP contribution in [0, 0.1) is 5.92 Å². The van der Waals surface area contributed by atoms with Crippen LogP contribution in [0.15, 0.2) is 42.5 Å². The Hall–Kier alpha value is -3.10. The van der Waals surface area contributed by atoms with E-state index in [9.17, 15) is 14.4 Å². The molecule has 0 radical (unpaired) electrons. The minimum atomic E-state index is -0.331. The van der Waals surface area contributed by atoms with Crippen LogP contribution in [0.5, 0.6) is 5.75 Å². The Kier molecular flexibility index (Phi) is 7.16. The summed E-state index contributed by atoms with van der Waals surface area (Å²) < 4.78 is 5.37. The van der Waals surface area contributed by atoms with Crippen molar-refractivity contribution in [1.82, 2.24) is 9.96 Å². The fraction of sp³-hybridized carbons (Fsp3) is 0.444. The minimum absolute atomic E-state index is 0.0265. The summed E-state index contributed by atoms with van der Waals surface area (Å²) in [6, 6.07) is 12.9. The first-order valence-electron chi connectivity index (χ1n) is 12.5. The number of halogens is 1. The number of rotatable bonds is 5. The Bertz CT molecular complexity index is 1160. The normalized spacial score (nSPS) is 19.6. The van der Waals surface area contributed by atoms with E-state index in [0.717, 1.165) is 24.1 Å². The van der Waals surface area contributed by atoms with E-state index in [-0.39, 0.29) is 36.4 Å². The number of amides is 2. The van der Waals surface area contributed by atoms with Crippen LogP contribution < -0.4 is 9.74 Å². The highest BCUT2D eigenvalue weighted by atomic mass is 35.5. The van der Waals surface area contributed by atoms with Gasteiger partial charge in [-0.15, -0.1) is 5.06 Å². The van der Waals surface area contributed by atoms with Gasteiger partial charge in [-0.1, -0.05) is 29.8 Å². The zero-order chi connectivity index (χ0) is 25.2. The number of hydrogen-bond acceptors (Lipinski definition) is 6. The summed E-state index contributed by atoms with van der Waals surface area (Å²) in [4.78, 5) is 46.8. The molecule has 2 aromatic rings. The molecule has 2 fully saturated rings. The molecule has 0 N–H and O–H groups in total. The van der Waals surface area contributed by atoms with E-state index in [1.165, 1.54) is 0 Å². The Balaban J connectivity index is 1.19. The Labute approximate surface area is 215 Å². The second kappa shape index (κ2) is 10.5. The zero-order valence-corrected chi connectivity index (χ0v) is 21.1. The Morgan fingerprint density at radius 1 is 1.00 bits per heavy atom. The number of benzene rings is 2. The monoisotopic (exact) mass is 511 g/mol. The van der Waals surface area contributed by atoms with Gasteiger partial charge in [-0.2, -0.15) is 0 Å². The van der Waals surface area contributed by atoms with Gasteiger partial charge in [0.2, 0.25) is 0 Å². The molecule has 0 atom stereocenters. The quantitative estimate of drug-likeness (QED) is 0.579. The molecule has 2 amide bonds. The van der Waals surface area contributed by atoms with Crippen molar-refractivity contribution < 1.29 is 24.0 Å². The van der Waals surface area contributed by atoms with Gasteiger partial charge in [-0.05, 0) is 50.8 Å². The Morgan fingerprint density at radius 3 is 2.42 bits per heavy atom. The van der Waals surface area contributed by atoms with Crippen LogP contribution in [0.1, 0.15) is 48.5 Å². The molecule has 5 rings (SSSR count). The third kappa shape index (κ3) is 5.06. The number of carbonyl (C=O) groups excluding carboxylic acids is 3. The van der Waals surface area contributed by atoms with E-state index in [1.807, 2.05) is 29.3 Å². The number of Topliss-reactive ketones (excluding diaryl/α,β-unsaturated/α-hetero) is 1. The number of nitrogens with zero attached hydrogens (tertiary/aromatic N) is 3. The van der Waals surface area contributed by atoms with Crippen molar-refractivity contribution in [2.75, 3.05) is 31.1 Å². The van der Waals surface area contributed by atoms with Crippen LogP contribution in [0.25, 0.3) is 0 Å². The van der Waals surface area contributed by atoms with E-state index in [0.29, 0.717) is 55.4 Å². The summed E-state index contributed by atoms with van der Waals surface area (Å²) in [5.74, 6) is 0.769. The maximum atomic E-state index is 13.2. The molecular weight excluding hydrogens is 482 g/mol. The van der Waals surface area contributed by atoms with Crippen molar-refractivity contribution >= 4 is 35.1 Å². The van der Waals surface area contributed by atoms with Crippen LogP contribution >= 0.6 is 11.6 Å². The molecule has 0 aromatic heterocycles. The van der Waals surface area contributed by atoms with Crippen molar-refractivity contribution in [3.63, 3.8) is 0 Å². The molecule has 3 heterocycles. The average Bonchev–Trinajstić information content (AvgIpc) is 2.89. The van der Waals surface area contributed by atoms with Gasteiger partial charge < -0.3 is 14.5 Å². The molecule has 2 saturated heterocycles. The summed E-state index contributed by atoms with van der Waals surface area (Å²) in [5, 5.41) is 2.17. The molecular formula is C27H30ClN3O5. The number of fused-ring (bicyclic) bond motifs is 1. The van der Waals surface area contributed by atoms with E-state index >= 15 is 0 Å². The summed E-state index contributed by atoms with van der Waals surface area (Å²) in [6.45, 7) is 4.32. The van der Waals surface area contributed by atoms with Crippen LogP contribution in [-0.4, -0.2) is 60.0 Å². The molecule has 8 nitrogen and oxygen atoms in total. The number of carbonyl (C=O) groups is 3. The van der Waals surface area contributed by atoms with Gasteiger partial charge in [0.05, 0.1) is 16.3 Å². The van der Waals surface area contributed by atoms with Crippen LogP contribution in [-0.2, 0) is 16.1 Å². The lowest BCUT2D eigenvalue weighted by atomic mass is 9.94. The summed E-state index contributed by atoms with van der Waals surface area (Å²) in [5.41, 5.74) is 2.32. The second-order valence-electron chi connectivity index (χ2n) is 9.62. The summed E-state index contributed by atoms with van der Waals surface area (Å²) >= 11 is 6.49. The second-order valence-corrected chi connectivity index (χ2v) is 10.0. The first kappa shape index (κ1) is 24.6. The fourth-order valence-corrected chi connectivity index (χ4v) is 5.50.